The third-order valence-electron chi connectivity index (χ3n) is 6.37. The Hall–Kier alpha value is -1.68. The highest BCUT2D eigenvalue weighted by atomic mass is 19.3. The molecular formula is C20H22F2N2. The number of piperidine rings is 1. The summed E-state index contributed by atoms with van der Waals surface area (Å²) in [6, 6.07) is 8.15. The van der Waals surface area contributed by atoms with Crippen LogP contribution in [0.15, 0.2) is 35.9 Å². The number of aromatic amines is 1. The molecule has 0 spiro atoms. The number of para-hydroxylation sites is 1. The van der Waals surface area contributed by atoms with Crippen molar-refractivity contribution in [1.29, 1.82) is 0 Å². The molecule has 0 radical (unpaired) electrons. The van der Waals surface area contributed by atoms with E-state index in [1.54, 1.807) is 0 Å². The first-order valence-electron chi connectivity index (χ1n) is 8.82. The van der Waals surface area contributed by atoms with Crippen LogP contribution < -0.4 is 0 Å². The van der Waals surface area contributed by atoms with E-state index in [1.165, 1.54) is 16.6 Å². The van der Waals surface area contributed by atoms with Gasteiger partial charge in [-0.2, -0.15) is 0 Å². The molecule has 4 heterocycles. The number of fused-ring (bicyclic) bond motifs is 3. The molecule has 1 saturated heterocycles. The van der Waals surface area contributed by atoms with Gasteiger partial charge in [0.1, 0.15) is 0 Å². The van der Waals surface area contributed by atoms with Crippen molar-refractivity contribution in [3.05, 3.63) is 47.2 Å². The molecule has 0 amide bonds. The molecule has 1 aromatic heterocycles. The Kier molecular flexibility index (Phi) is 2.73. The summed E-state index contributed by atoms with van der Waals surface area (Å²) in [6.07, 6.45) is 3.75. The molecule has 2 nitrogen and oxygen atoms in total. The summed E-state index contributed by atoms with van der Waals surface area (Å²) in [4.78, 5) is 5.92. The highest BCUT2D eigenvalue weighted by Gasteiger charge is 2.56. The van der Waals surface area contributed by atoms with Gasteiger partial charge >= 0.3 is 0 Å². The van der Waals surface area contributed by atoms with Crippen molar-refractivity contribution >= 4 is 10.9 Å². The highest BCUT2D eigenvalue weighted by molar-refractivity contribution is 5.85. The van der Waals surface area contributed by atoms with Gasteiger partial charge in [-0.15, -0.1) is 0 Å². The molecule has 0 saturated carbocycles. The van der Waals surface area contributed by atoms with Gasteiger partial charge in [0.25, 0.3) is 5.92 Å². The smallest absolute Gasteiger partial charge is 0.268 e. The first kappa shape index (κ1) is 14.6. The van der Waals surface area contributed by atoms with E-state index < -0.39 is 5.92 Å². The summed E-state index contributed by atoms with van der Waals surface area (Å²) in [5.74, 6) is -2.53. The summed E-state index contributed by atoms with van der Waals surface area (Å²) >= 11 is 0. The lowest BCUT2D eigenvalue weighted by Crippen LogP contribution is -2.61. The maximum Gasteiger partial charge on any atom is 0.268 e. The Morgan fingerprint density at radius 3 is 2.88 bits per heavy atom. The number of benzene rings is 1. The van der Waals surface area contributed by atoms with Gasteiger partial charge in [0.2, 0.25) is 0 Å². The van der Waals surface area contributed by atoms with Gasteiger partial charge in [-0.1, -0.05) is 31.2 Å². The zero-order chi connectivity index (χ0) is 16.7. The fourth-order valence-corrected chi connectivity index (χ4v) is 5.58. The van der Waals surface area contributed by atoms with Crippen LogP contribution in [0.4, 0.5) is 8.78 Å². The molecule has 24 heavy (non-hydrogen) atoms. The summed E-state index contributed by atoms with van der Waals surface area (Å²) < 4.78 is 28.7. The van der Waals surface area contributed by atoms with Crippen LogP contribution in [-0.4, -0.2) is 34.9 Å². The number of aromatic nitrogens is 1. The third kappa shape index (κ3) is 1.78. The molecule has 1 aromatic carbocycles. The zero-order valence-electron chi connectivity index (χ0n) is 14.1. The van der Waals surface area contributed by atoms with Gasteiger partial charge in [0.05, 0.1) is 0 Å². The Labute approximate surface area is 140 Å². The Balaban J connectivity index is 1.76. The number of nitrogens with zero attached hydrogens (tertiary/aromatic N) is 1. The van der Waals surface area contributed by atoms with Crippen LogP contribution in [0.25, 0.3) is 10.9 Å². The fraction of sp³-hybridized carbons (Fsp3) is 0.500. The summed E-state index contributed by atoms with van der Waals surface area (Å²) in [6.45, 7) is 5.03. The third-order valence-corrected chi connectivity index (χ3v) is 6.37. The second-order valence-electron chi connectivity index (χ2n) is 8.06. The van der Waals surface area contributed by atoms with E-state index in [2.05, 4.69) is 35.0 Å². The fourth-order valence-electron chi connectivity index (χ4n) is 5.58. The molecule has 1 aliphatic carbocycles. The average Bonchev–Trinajstić information content (AvgIpc) is 2.87. The van der Waals surface area contributed by atoms with Crippen LogP contribution in [0.3, 0.4) is 0 Å². The number of alkyl halides is 2. The van der Waals surface area contributed by atoms with E-state index >= 15 is 0 Å². The van der Waals surface area contributed by atoms with Gasteiger partial charge in [-0.25, -0.2) is 8.78 Å². The molecule has 2 aromatic rings. The molecule has 4 heteroatoms. The highest BCUT2D eigenvalue weighted by Crippen LogP contribution is 2.54. The first-order chi connectivity index (χ1) is 11.4. The van der Waals surface area contributed by atoms with E-state index in [-0.39, 0.29) is 17.4 Å². The van der Waals surface area contributed by atoms with E-state index in [4.69, 9.17) is 0 Å². The van der Waals surface area contributed by atoms with Crippen LogP contribution in [0.1, 0.15) is 31.5 Å². The largest absolute Gasteiger partial charge is 0.358 e. The van der Waals surface area contributed by atoms with Crippen molar-refractivity contribution in [3.63, 3.8) is 0 Å². The molecular weight excluding hydrogens is 306 g/mol. The Morgan fingerprint density at radius 2 is 2.08 bits per heavy atom. The number of rotatable bonds is 1. The predicted molar refractivity (Wildman–Crippen MR) is 91.5 cm³/mol. The monoisotopic (exact) mass is 328 g/mol. The van der Waals surface area contributed by atoms with Crippen LogP contribution in [-0.2, 0) is 11.8 Å². The molecule has 4 unspecified atom stereocenters. The quantitative estimate of drug-likeness (QED) is 0.775. The normalized spacial score (nSPS) is 34.8. The molecule has 3 aliphatic heterocycles. The van der Waals surface area contributed by atoms with E-state index in [0.717, 1.165) is 38.4 Å². The van der Waals surface area contributed by atoms with E-state index in [0.29, 0.717) is 5.57 Å². The number of H-pyrrole nitrogens is 1. The van der Waals surface area contributed by atoms with E-state index in [1.807, 2.05) is 12.1 Å². The Bertz CT molecular complexity index is 860. The first-order valence-corrected chi connectivity index (χ1v) is 8.82. The van der Waals surface area contributed by atoms with Gasteiger partial charge in [0.15, 0.2) is 0 Å². The molecule has 6 rings (SSSR count). The standard InChI is InChI=1S/C20H22F2N2/c1-19-10-12-9-15(20(2,21)22)18(19)24(11-12)8-7-14-13-5-3-4-6-16(13)23-17(14)19/h3-6,9,12,18,23H,7-8,10-11H2,1-2H3. The summed E-state index contributed by atoms with van der Waals surface area (Å²) in [5, 5.41) is 1.26. The van der Waals surface area contributed by atoms with Gasteiger partial charge in [-0.3, -0.25) is 4.90 Å². The predicted octanol–water partition coefficient (Wildman–Crippen LogP) is 4.27. The zero-order valence-corrected chi connectivity index (χ0v) is 14.1. The lowest BCUT2D eigenvalue weighted by molar-refractivity contribution is -0.00711. The minimum atomic E-state index is -2.75. The van der Waals surface area contributed by atoms with Crippen LogP contribution in [0.5, 0.6) is 0 Å². The SMILES string of the molecule is CC(F)(F)C1=CC2CN3CCc4c([nH]c5ccccc45)C(C)(C2)C13. The van der Waals surface area contributed by atoms with Crippen LogP contribution >= 0.6 is 0 Å². The number of halogens is 2. The number of nitrogens with one attached hydrogen (secondary N) is 1. The van der Waals surface area contributed by atoms with Crippen LogP contribution in [0.2, 0.25) is 0 Å². The summed E-state index contributed by atoms with van der Waals surface area (Å²) in [5.41, 5.74) is 3.72. The van der Waals surface area contributed by atoms with Gasteiger partial charge < -0.3 is 4.98 Å². The molecule has 126 valence electrons. The maximum absolute atomic E-state index is 14.4. The number of hydrogen-bond acceptors (Lipinski definition) is 1. The van der Waals surface area contributed by atoms with Gasteiger partial charge in [0, 0.05) is 53.6 Å². The number of hydrogen-bond donors (Lipinski definition) is 1. The second kappa shape index (κ2) is 4.48. The summed E-state index contributed by atoms with van der Waals surface area (Å²) in [7, 11) is 0. The Morgan fingerprint density at radius 1 is 1.29 bits per heavy atom. The molecule has 4 bridgehead atoms. The minimum Gasteiger partial charge on any atom is -0.358 e. The average molecular weight is 328 g/mol. The second-order valence-corrected chi connectivity index (χ2v) is 8.06. The van der Waals surface area contributed by atoms with E-state index in [9.17, 15) is 8.78 Å². The lowest BCUT2D eigenvalue weighted by Gasteiger charge is -2.55. The minimum absolute atomic E-state index is 0.197. The maximum atomic E-state index is 14.4. The lowest BCUT2D eigenvalue weighted by atomic mass is 9.61. The van der Waals surface area contributed by atoms with Crippen molar-refractivity contribution in [2.24, 2.45) is 5.92 Å². The van der Waals surface area contributed by atoms with Crippen molar-refractivity contribution in [3.8, 4) is 0 Å². The van der Waals surface area contributed by atoms with Gasteiger partial charge in [-0.05, 0) is 30.4 Å². The molecule has 1 N–H and O–H groups in total. The van der Waals surface area contributed by atoms with Crippen LogP contribution in [0, 0.1) is 5.92 Å². The van der Waals surface area contributed by atoms with Crippen molar-refractivity contribution in [1.82, 2.24) is 9.88 Å². The van der Waals surface area contributed by atoms with Crippen molar-refractivity contribution < 1.29 is 8.78 Å². The topological polar surface area (TPSA) is 19.0 Å². The van der Waals surface area contributed by atoms with Crippen molar-refractivity contribution in [2.45, 2.75) is 44.1 Å². The molecule has 1 fully saturated rings. The molecule has 4 atom stereocenters. The van der Waals surface area contributed by atoms with Crippen molar-refractivity contribution in [2.75, 3.05) is 13.1 Å². The molecule has 4 aliphatic rings.